The monoisotopic (exact) mass is 427 g/mol. The minimum atomic E-state index is 0.134. The molecule has 0 saturated heterocycles. The molecule has 32 heavy (non-hydrogen) atoms. The third kappa shape index (κ3) is 4.52. The van der Waals surface area contributed by atoms with Crippen molar-refractivity contribution < 1.29 is 9.47 Å². The first kappa shape index (κ1) is 21.6. The fourth-order valence-corrected chi connectivity index (χ4v) is 3.68. The van der Waals surface area contributed by atoms with Gasteiger partial charge in [0.25, 0.3) is 0 Å². The van der Waals surface area contributed by atoms with E-state index in [4.69, 9.17) is 19.5 Å². The van der Waals surface area contributed by atoms with Crippen LogP contribution in [0.15, 0.2) is 71.7 Å². The number of ether oxygens (including phenoxy) is 2. The van der Waals surface area contributed by atoms with Crippen molar-refractivity contribution in [3.8, 4) is 11.5 Å². The van der Waals surface area contributed by atoms with E-state index in [2.05, 4.69) is 55.7 Å². The van der Waals surface area contributed by atoms with Crippen molar-refractivity contribution in [1.29, 1.82) is 0 Å². The number of nitrogens with zero attached hydrogens (tertiary/aromatic N) is 3. The van der Waals surface area contributed by atoms with Crippen LogP contribution >= 0.6 is 0 Å². The number of hydrogen-bond acceptors (Lipinski definition) is 4. The van der Waals surface area contributed by atoms with Crippen LogP contribution in [-0.4, -0.2) is 30.0 Å². The Morgan fingerprint density at radius 1 is 0.906 bits per heavy atom. The number of benzene rings is 3. The van der Waals surface area contributed by atoms with Crippen LogP contribution in [0.1, 0.15) is 37.5 Å². The predicted molar refractivity (Wildman–Crippen MR) is 131 cm³/mol. The third-order valence-electron chi connectivity index (χ3n) is 5.53. The second-order valence-corrected chi connectivity index (χ2v) is 8.81. The van der Waals surface area contributed by atoms with Crippen molar-refractivity contribution in [3.63, 3.8) is 0 Å². The lowest BCUT2D eigenvalue weighted by molar-refractivity contribution is 0.355. The minimum Gasteiger partial charge on any atom is -0.493 e. The molecule has 0 spiro atoms. The van der Waals surface area contributed by atoms with Crippen LogP contribution in [0.25, 0.3) is 11.0 Å². The minimum absolute atomic E-state index is 0.134. The van der Waals surface area contributed by atoms with Crippen molar-refractivity contribution in [1.82, 2.24) is 9.55 Å². The molecule has 1 heterocycles. The molecule has 0 N–H and O–H groups in total. The molecule has 0 aliphatic carbocycles. The highest BCUT2D eigenvalue weighted by Gasteiger charge is 2.14. The fourth-order valence-electron chi connectivity index (χ4n) is 3.68. The van der Waals surface area contributed by atoms with E-state index in [9.17, 15) is 0 Å². The molecule has 0 fully saturated rings. The highest BCUT2D eigenvalue weighted by Crippen LogP contribution is 2.28. The third-order valence-corrected chi connectivity index (χ3v) is 5.53. The van der Waals surface area contributed by atoms with Crippen LogP contribution in [0.4, 0.5) is 5.95 Å². The normalized spacial score (nSPS) is 11.9. The van der Waals surface area contributed by atoms with Crippen molar-refractivity contribution in [3.05, 3.63) is 83.4 Å². The lowest BCUT2D eigenvalue weighted by atomic mass is 9.87. The van der Waals surface area contributed by atoms with Gasteiger partial charge >= 0.3 is 0 Å². The molecule has 0 aliphatic heterocycles. The first-order chi connectivity index (χ1) is 15.4. The van der Waals surface area contributed by atoms with Crippen molar-refractivity contribution in [2.75, 3.05) is 14.2 Å². The van der Waals surface area contributed by atoms with Gasteiger partial charge < -0.3 is 14.0 Å². The van der Waals surface area contributed by atoms with Gasteiger partial charge in [0.05, 0.1) is 31.8 Å². The zero-order valence-corrected chi connectivity index (χ0v) is 19.3. The van der Waals surface area contributed by atoms with Gasteiger partial charge in [-0.1, -0.05) is 57.2 Å². The van der Waals surface area contributed by atoms with Gasteiger partial charge in [0.15, 0.2) is 11.5 Å². The molecule has 4 rings (SSSR count). The van der Waals surface area contributed by atoms with Gasteiger partial charge in [-0.25, -0.2) is 9.98 Å². The van der Waals surface area contributed by atoms with Gasteiger partial charge in [-0.2, -0.15) is 0 Å². The molecule has 0 atom stereocenters. The Morgan fingerprint density at radius 3 is 2.31 bits per heavy atom. The van der Waals surface area contributed by atoms with Crippen molar-refractivity contribution >= 4 is 23.2 Å². The van der Waals surface area contributed by atoms with Crippen LogP contribution in [0, 0.1) is 0 Å². The molecule has 5 nitrogen and oxygen atoms in total. The Kier molecular flexibility index (Phi) is 5.99. The molecule has 0 bridgehead atoms. The standard InChI is InChI=1S/C27H29N3O2/c1-27(2,3)21-13-10-19(11-14-21)18-30-23-9-7-6-8-22(23)29-26(30)28-17-20-12-15-24(31-4)25(16-20)32-5/h6-17H,18H2,1-5H3. The summed E-state index contributed by atoms with van der Waals surface area (Å²) < 4.78 is 12.9. The smallest absolute Gasteiger partial charge is 0.230 e. The maximum atomic E-state index is 5.41. The topological polar surface area (TPSA) is 48.6 Å². The van der Waals surface area contributed by atoms with E-state index >= 15 is 0 Å². The molecule has 5 heteroatoms. The average Bonchev–Trinajstić information content (AvgIpc) is 3.14. The maximum Gasteiger partial charge on any atom is 0.230 e. The number of aromatic nitrogens is 2. The van der Waals surface area contributed by atoms with Gasteiger partial charge in [-0.05, 0) is 52.4 Å². The van der Waals surface area contributed by atoms with Crippen LogP contribution in [0.2, 0.25) is 0 Å². The summed E-state index contributed by atoms with van der Waals surface area (Å²) in [7, 11) is 3.26. The Labute approximate surface area is 189 Å². The number of aliphatic imine (C=N–C) groups is 1. The summed E-state index contributed by atoms with van der Waals surface area (Å²) in [6.45, 7) is 7.38. The van der Waals surface area contributed by atoms with Gasteiger partial charge in [0.1, 0.15) is 0 Å². The SMILES string of the molecule is COc1ccc(C=Nc2nc3ccccc3n2Cc2ccc(C(C)(C)C)cc2)cc1OC. The number of methoxy groups -OCH3 is 2. The summed E-state index contributed by atoms with van der Waals surface area (Å²) in [5, 5.41) is 0. The number of imidazole rings is 1. The second-order valence-electron chi connectivity index (χ2n) is 8.81. The number of hydrogen-bond donors (Lipinski definition) is 0. The quantitative estimate of drug-likeness (QED) is 0.347. The molecule has 164 valence electrons. The Balaban J connectivity index is 1.68. The Hall–Kier alpha value is -3.60. The predicted octanol–water partition coefficient (Wildman–Crippen LogP) is 6.15. The van der Waals surface area contributed by atoms with E-state index in [1.54, 1.807) is 14.2 Å². The van der Waals surface area contributed by atoms with E-state index in [0.717, 1.165) is 16.6 Å². The second kappa shape index (κ2) is 8.87. The summed E-state index contributed by atoms with van der Waals surface area (Å²) in [6, 6.07) is 22.7. The van der Waals surface area contributed by atoms with Crippen LogP contribution < -0.4 is 9.47 Å². The largest absolute Gasteiger partial charge is 0.493 e. The molecule has 0 radical (unpaired) electrons. The lowest BCUT2D eigenvalue weighted by Gasteiger charge is -2.19. The highest BCUT2D eigenvalue weighted by molar-refractivity contribution is 5.84. The zero-order valence-electron chi connectivity index (χ0n) is 19.3. The fraction of sp³-hybridized carbons (Fsp3) is 0.259. The van der Waals surface area contributed by atoms with E-state index in [1.165, 1.54) is 11.1 Å². The average molecular weight is 428 g/mol. The highest BCUT2D eigenvalue weighted by atomic mass is 16.5. The number of para-hydroxylation sites is 2. The summed E-state index contributed by atoms with van der Waals surface area (Å²) in [6.07, 6.45) is 1.81. The molecule has 0 amide bonds. The maximum absolute atomic E-state index is 5.41. The molecule has 4 aromatic rings. The first-order valence-corrected chi connectivity index (χ1v) is 10.7. The van der Waals surface area contributed by atoms with E-state index in [0.29, 0.717) is 24.0 Å². The number of rotatable bonds is 6. The van der Waals surface area contributed by atoms with Gasteiger partial charge in [-0.15, -0.1) is 0 Å². The molecular weight excluding hydrogens is 398 g/mol. The first-order valence-electron chi connectivity index (χ1n) is 10.7. The van der Waals surface area contributed by atoms with Crippen LogP contribution in [0.5, 0.6) is 11.5 Å². The van der Waals surface area contributed by atoms with Crippen LogP contribution in [-0.2, 0) is 12.0 Å². The van der Waals surface area contributed by atoms with E-state index in [-0.39, 0.29) is 5.41 Å². The summed E-state index contributed by atoms with van der Waals surface area (Å²) in [5.41, 5.74) is 5.57. The van der Waals surface area contributed by atoms with E-state index < -0.39 is 0 Å². The van der Waals surface area contributed by atoms with Gasteiger partial charge in [0, 0.05) is 6.21 Å². The molecule has 0 aliphatic rings. The van der Waals surface area contributed by atoms with Crippen molar-refractivity contribution in [2.45, 2.75) is 32.7 Å². The van der Waals surface area contributed by atoms with Crippen LogP contribution in [0.3, 0.4) is 0 Å². The van der Waals surface area contributed by atoms with Crippen molar-refractivity contribution in [2.24, 2.45) is 4.99 Å². The van der Waals surface area contributed by atoms with Gasteiger partial charge in [0.2, 0.25) is 5.95 Å². The lowest BCUT2D eigenvalue weighted by Crippen LogP contribution is -2.11. The molecule has 0 saturated carbocycles. The zero-order chi connectivity index (χ0) is 22.7. The Bertz CT molecular complexity index is 1250. The van der Waals surface area contributed by atoms with E-state index in [1.807, 2.05) is 42.6 Å². The summed E-state index contributed by atoms with van der Waals surface area (Å²) in [4.78, 5) is 9.49. The Morgan fingerprint density at radius 2 is 1.62 bits per heavy atom. The summed E-state index contributed by atoms with van der Waals surface area (Å²) in [5.74, 6) is 2.03. The number of fused-ring (bicyclic) bond motifs is 1. The molecular formula is C27H29N3O2. The molecule has 0 unspecified atom stereocenters. The van der Waals surface area contributed by atoms with Gasteiger partial charge in [-0.3, -0.25) is 0 Å². The molecule has 1 aromatic heterocycles. The molecule has 3 aromatic carbocycles. The summed E-state index contributed by atoms with van der Waals surface area (Å²) >= 11 is 0.